The van der Waals surface area contributed by atoms with Crippen LogP contribution in [0, 0.1) is 13.8 Å². The molecule has 2 aliphatic rings. The van der Waals surface area contributed by atoms with E-state index in [0.29, 0.717) is 37.2 Å². The van der Waals surface area contributed by atoms with Crippen molar-refractivity contribution in [3.63, 3.8) is 0 Å². The van der Waals surface area contributed by atoms with Gasteiger partial charge < -0.3 is 11.1 Å². The molecule has 9 nitrogen and oxygen atoms in total. The number of rotatable bonds is 13. The second-order valence-electron chi connectivity index (χ2n) is 10.7. The van der Waals surface area contributed by atoms with E-state index in [1.807, 2.05) is 13.8 Å². The average molecular weight is 582 g/mol. The second kappa shape index (κ2) is 13.7. The number of benzene rings is 1. The monoisotopic (exact) mass is 581 g/mol. The fourth-order valence-corrected chi connectivity index (χ4v) is 6.40. The van der Waals surface area contributed by atoms with E-state index in [-0.39, 0.29) is 25.4 Å². The highest BCUT2D eigenvalue weighted by atomic mass is 32.2. The van der Waals surface area contributed by atoms with E-state index in [4.69, 9.17) is 10.7 Å². The third kappa shape index (κ3) is 8.09. The van der Waals surface area contributed by atoms with Crippen molar-refractivity contribution < 1.29 is 26.8 Å². The number of carbonyl (C=O) groups is 2. The van der Waals surface area contributed by atoms with E-state index in [0.717, 1.165) is 48.8 Å². The molecule has 0 aliphatic carbocycles. The topological polar surface area (TPSA) is 125 Å². The Kier molecular flexibility index (Phi) is 10.8. The summed E-state index contributed by atoms with van der Waals surface area (Å²) in [6.45, 7) is 4.06. The van der Waals surface area contributed by atoms with Crippen LogP contribution in [0.2, 0.25) is 0 Å². The lowest BCUT2D eigenvalue weighted by atomic mass is 9.89. The lowest BCUT2D eigenvalue weighted by molar-refractivity contribution is -0.124. The maximum absolute atomic E-state index is 13.1. The molecule has 1 saturated heterocycles. The van der Waals surface area contributed by atoms with Gasteiger partial charge in [-0.3, -0.25) is 14.7 Å². The number of aryl methyl sites for hydroxylation is 2. The molecule has 1 aromatic carbocycles. The molecule has 3 rings (SSSR count). The number of unbranched alkanes of at least 4 members (excludes halogenated alkanes) is 5. The number of piperidine rings is 1. The van der Waals surface area contributed by atoms with E-state index in [9.17, 15) is 26.8 Å². The van der Waals surface area contributed by atoms with Crippen LogP contribution < -0.4 is 16.0 Å². The fourth-order valence-electron chi connectivity index (χ4n) is 5.23. The number of nitrogens with two attached hydrogens (primary N) is 1. The Balaban J connectivity index is 1.53. The van der Waals surface area contributed by atoms with Gasteiger partial charge >= 0.3 is 6.03 Å². The molecule has 40 heavy (non-hydrogen) atoms. The van der Waals surface area contributed by atoms with Crippen LogP contribution in [0.5, 0.6) is 0 Å². The summed E-state index contributed by atoms with van der Waals surface area (Å²) < 4.78 is 51.9. The highest BCUT2D eigenvalue weighted by Crippen LogP contribution is 2.32. The zero-order valence-corrected chi connectivity index (χ0v) is 24.4. The molecule has 0 unspecified atom stereocenters. The van der Waals surface area contributed by atoms with Crippen molar-refractivity contribution in [2.24, 2.45) is 10.7 Å². The van der Waals surface area contributed by atoms with Crippen LogP contribution in [0.25, 0.3) is 6.08 Å². The molecule has 0 saturated carbocycles. The number of carbonyl (C=O) groups excluding carboxylic acids is 2. The summed E-state index contributed by atoms with van der Waals surface area (Å²) in [5.74, 6) is 0.477. The Bertz CT molecular complexity index is 1220. The van der Waals surface area contributed by atoms with Gasteiger partial charge in [0, 0.05) is 44.1 Å². The van der Waals surface area contributed by atoms with Crippen molar-refractivity contribution >= 4 is 39.6 Å². The summed E-state index contributed by atoms with van der Waals surface area (Å²) in [4.78, 5) is 30.3. The number of hydrogen-bond acceptors (Lipinski definition) is 5. The summed E-state index contributed by atoms with van der Waals surface area (Å²) >= 11 is 0. The van der Waals surface area contributed by atoms with Crippen LogP contribution >= 0.6 is 0 Å². The first-order valence-corrected chi connectivity index (χ1v) is 15.4. The number of nitrogens with zero attached hydrogens (tertiary/aromatic N) is 3. The first-order chi connectivity index (χ1) is 18.8. The molecule has 0 aromatic heterocycles. The van der Waals surface area contributed by atoms with E-state index in [2.05, 4.69) is 5.32 Å². The number of urea groups is 1. The third-order valence-electron chi connectivity index (χ3n) is 7.73. The van der Waals surface area contributed by atoms with Gasteiger partial charge in [-0.25, -0.2) is 22.0 Å². The van der Waals surface area contributed by atoms with Gasteiger partial charge in [-0.15, -0.1) is 0 Å². The SMILES string of the molecule is Cc1cc(N(C)C(N)=O)cc(C)c1/C=C/S(=O)(=O)N1CCC2(CC1)N=C(CCCCCCCCC(F)F)NC2=O. The molecule has 222 valence electrons. The minimum absolute atomic E-state index is 0.0369. The van der Waals surface area contributed by atoms with Gasteiger partial charge in [-0.2, -0.15) is 4.31 Å². The molecule has 3 amide bonds. The van der Waals surface area contributed by atoms with Crippen molar-refractivity contribution in [1.29, 1.82) is 0 Å². The van der Waals surface area contributed by atoms with Crippen LogP contribution in [0.15, 0.2) is 22.5 Å². The van der Waals surface area contributed by atoms with Gasteiger partial charge in [0.2, 0.25) is 16.4 Å². The number of anilines is 1. The molecule has 1 fully saturated rings. The number of aliphatic imine (C=N–C) groups is 1. The Labute approximate surface area is 235 Å². The minimum Gasteiger partial charge on any atom is -0.351 e. The highest BCUT2D eigenvalue weighted by molar-refractivity contribution is 7.92. The molecule has 12 heteroatoms. The van der Waals surface area contributed by atoms with Crippen molar-refractivity contribution in [3.05, 3.63) is 34.2 Å². The Morgan fingerprint density at radius 1 is 1.12 bits per heavy atom. The fraction of sp³-hybridized carbons (Fsp3) is 0.607. The molecular formula is C28H41F2N5O4S. The molecule has 1 spiro atoms. The van der Waals surface area contributed by atoms with Crippen molar-refractivity contribution in [2.45, 2.75) is 90.0 Å². The van der Waals surface area contributed by atoms with Crippen LogP contribution in [0.3, 0.4) is 0 Å². The van der Waals surface area contributed by atoms with Crippen LogP contribution in [-0.2, 0) is 14.8 Å². The van der Waals surface area contributed by atoms with Crippen molar-refractivity contribution in [1.82, 2.24) is 9.62 Å². The number of amides is 3. The van der Waals surface area contributed by atoms with E-state index >= 15 is 0 Å². The number of amidine groups is 1. The van der Waals surface area contributed by atoms with Gasteiger partial charge in [0.15, 0.2) is 0 Å². The number of primary amides is 1. The van der Waals surface area contributed by atoms with Crippen molar-refractivity contribution in [3.8, 4) is 0 Å². The predicted octanol–water partition coefficient (Wildman–Crippen LogP) is 4.87. The molecule has 0 atom stereocenters. The molecule has 0 radical (unpaired) electrons. The second-order valence-corrected chi connectivity index (χ2v) is 12.6. The first-order valence-electron chi connectivity index (χ1n) is 13.9. The van der Waals surface area contributed by atoms with E-state index in [1.165, 1.54) is 14.6 Å². The summed E-state index contributed by atoms with van der Waals surface area (Å²) in [5.41, 5.74) is 7.42. The zero-order chi connectivity index (χ0) is 29.5. The van der Waals surface area contributed by atoms with Gasteiger partial charge in [0.1, 0.15) is 11.4 Å². The lowest BCUT2D eigenvalue weighted by Crippen LogP contribution is -2.50. The summed E-state index contributed by atoms with van der Waals surface area (Å²) in [6, 6.07) is 2.97. The zero-order valence-electron chi connectivity index (χ0n) is 23.6. The number of alkyl halides is 2. The number of sulfonamides is 1. The Hall–Kier alpha value is -2.86. The molecule has 1 aromatic rings. The molecule has 2 heterocycles. The first kappa shape index (κ1) is 31.7. The Morgan fingerprint density at radius 2 is 1.70 bits per heavy atom. The van der Waals surface area contributed by atoms with Crippen LogP contribution in [-0.4, -0.2) is 62.6 Å². The summed E-state index contributed by atoms with van der Waals surface area (Å²) in [5, 5.41) is 4.07. The summed E-state index contributed by atoms with van der Waals surface area (Å²) in [7, 11) is -2.15. The maximum Gasteiger partial charge on any atom is 0.318 e. The molecule has 3 N–H and O–H groups in total. The average Bonchev–Trinajstić information content (AvgIpc) is 3.18. The predicted molar refractivity (Wildman–Crippen MR) is 154 cm³/mol. The third-order valence-corrected chi connectivity index (χ3v) is 9.29. The Morgan fingerprint density at radius 3 is 2.27 bits per heavy atom. The molecule has 2 aliphatic heterocycles. The van der Waals surface area contributed by atoms with Crippen LogP contribution in [0.1, 0.15) is 80.9 Å². The molecule has 0 bridgehead atoms. The number of hydrogen-bond donors (Lipinski definition) is 2. The van der Waals surface area contributed by atoms with Crippen molar-refractivity contribution in [2.75, 3.05) is 25.0 Å². The van der Waals surface area contributed by atoms with Crippen LogP contribution in [0.4, 0.5) is 19.3 Å². The van der Waals surface area contributed by atoms with Gasteiger partial charge in [0.25, 0.3) is 5.91 Å². The quantitative estimate of drug-likeness (QED) is 0.323. The van der Waals surface area contributed by atoms with Gasteiger partial charge in [0.05, 0.1) is 0 Å². The van der Waals surface area contributed by atoms with E-state index in [1.54, 1.807) is 25.3 Å². The van der Waals surface area contributed by atoms with E-state index < -0.39 is 28.0 Å². The highest BCUT2D eigenvalue weighted by Gasteiger charge is 2.46. The maximum atomic E-state index is 13.1. The largest absolute Gasteiger partial charge is 0.351 e. The lowest BCUT2D eigenvalue weighted by Gasteiger charge is -2.34. The van der Waals surface area contributed by atoms with Gasteiger partial charge in [-0.1, -0.05) is 25.7 Å². The number of halogens is 2. The minimum atomic E-state index is -3.72. The number of nitrogens with one attached hydrogen (secondary N) is 1. The normalized spacial score (nSPS) is 17.6. The standard InChI is InChI=1S/C28H41F2N5O4S/c1-20-18-22(34(3)27(31)37)19-21(2)23(20)12-17-40(38,39)35-15-13-28(14-16-35)26(36)32-25(33-28)11-9-7-5-4-6-8-10-24(29)30/h12,17-19,24H,4-11,13-16H2,1-3H3,(H2,31,37)(H,32,33,36)/b17-12+. The molecular weight excluding hydrogens is 540 g/mol. The smallest absolute Gasteiger partial charge is 0.318 e. The summed E-state index contributed by atoms with van der Waals surface area (Å²) in [6.07, 6.45) is 5.60. The van der Waals surface area contributed by atoms with Gasteiger partial charge in [-0.05, 0) is 74.4 Å².